The Morgan fingerprint density at radius 2 is 1.00 bits per heavy atom. The number of hydrogen-bond donors (Lipinski definition) is 1. The summed E-state index contributed by atoms with van der Waals surface area (Å²) in [7, 11) is 0. The van der Waals surface area contributed by atoms with Gasteiger partial charge in [-0.2, -0.15) is 0 Å². The Bertz CT molecular complexity index is 672. The van der Waals surface area contributed by atoms with Gasteiger partial charge in [0.05, 0.1) is 25.2 Å². The molecule has 0 aromatic carbocycles. The molecule has 0 amide bonds. The van der Waals surface area contributed by atoms with Crippen LogP contribution in [0, 0.1) is 5.92 Å². The van der Waals surface area contributed by atoms with Gasteiger partial charge in [-0.3, -0.25) is 9.59 Å². The number of esters is 2. The normalized spacial score (nSPS) is 12.8. The molecule has 0 spiro atoms. The van der Waals surface area contributed by atoms with Crippen LogP contribution < -0.4 is 0 Å². The SMILES string of the molecule is CCCCCCCCC(CCCCCCC)C(=O)OCCCCCCCN(CCO)CCCCCCC(C)OC(=O)CCCCCC. The van der Waals surface area contributed by atoms with Crippen molar-refractivity contribution in [2.75, 3.05) is 32.8 Å². The van der Waals surface area contributed by atoms with Crippen LogP contribution in [0.25, 0.3) is 0 Å². The van der Waals surface area contributed by atoms with Crippen LogP contribution in [0.15, 0.2) is 0 Å². The van der Waals surface area contributed by atoms with E-state index in [1.807, 2.05) is 6.92 Å². The molecule has 0 aromatic rings. The summed E-state index contributed by atoms with van der Waals surface area (Å²) < 4.78 is 11.3. The first-order valence-electron chi connectivity index (χ1n) is 20.7. The highest BCUT2D eigenvalue weighted by atomic mass is 16.5. The van der Waals surface area contributed by atoms with Crippen molar-refractivity contribution in [1.82, 2.24) is 4.90 Å². The molecule has 0 aliphatic rings. The molecule has 2 unspecified atom stereocenters. The van der Waals surface area contributed by atoms with Gasteiger partial charge in [0, 0.05) is 13.0 Å². The van der Waals surface area contributed by atoms with Gasteiger partial charge in [0.1, 0.15) is 0 Å². The van der Waals surface area contributed by atoms with Gasteiger partial charge in [-0.25, -0.2) is 0 Å². The first kappa shape index (κ1) is 45.9. The van der Waals surface area contributed by atoms with E-state index in [2.05, 4.69) is 25.7 Å². The van der Waals surface area contributed by atoms with Gasteiger partial charge in [0.2, 0.25) is 0 Å². The molecule has 6 nitrogen and oxygen atoms in total. The van der Waals surface area contributed by atoms with E-state index in [0.717, 1.165) is 103 Å². The van der Waals surface area contributed by atoms with Crippen molar-refractivity contribution in [3.8, 4) is 0 Å². The summed E-state index contributed by atoms with van der Waals surface area (Å²) in [6.45, 7) is 12.3. The third-order valence-corrected chi connectivity index (χ3v) is 9.58. The van der Waals surface area contributed by atoms with Crippen LogP contribution in [0.1, 0.15) is 207 Å². The fraction of sp³-hybridized carbons (Fsp3) is 0.951. The lowest BCUT2D eigenvalue weighted by molar-refractivity contribution is -0.150. The summed E-state index contributed by atoms with van der Waals surface area (Å²) >= 11 is 0. The summed E-state index contributed by atoms with van der Waals surface area (Å²) in [5, 5.41) is 9.52. The lowest BCUT2D eigenvalue weighted by atomic mass is 9.94. The van der Waals surface area contributed by atoms with Crippen molar-refractivity contribution >= 4 is 11.9 Å². The number of unbranched alkanes of at least 4 members (excludes halogenated alkanes) is 19. The molecule has 2 atom stereocenters. The Labute approximate surface area is 292 Å². The van der Waals surface area contributed by atoms with E-state index >= 15 is 0 Å². The molecule has 0 bridgehead atoms. The number of carbonyl (C=O) groups is 2. The van der Waals surface area contributed by atoms with Gasteiger partial charge < -0.3 is 19.5 Å². The molecular formula is C41H81NO5. The quantitative estimate of drug-likeness (QED) is 0.0525. The molecule has 47 heavy (non-hydrogen) atoms. The second-order valence-corrected chi connectivity index (χ2v) is 14.3. The van der Waals surface area contributed by atoms with Gasteiger partial charge in [0.25, 0.3) is 0 Å². The van der Waals surface area contributed by atoms with Gasteiger partial charge in [-0.15, -0.1) is 0 Å². The monoisotopic (exact) mass is 668 g/mol. The minimum Gasteiger partial charge on any atom is -0.465 e. The highest BCUT2D eigenvalue weighted by Gasteiger charge is 2.19. The standard InChI is InChI=1S/C41H81NO5/c1-5-8-11-14-17-24-31-39(30-23-16-12-9-6-2)41(45)46-37-28-21-15-19-26-33-42(35-36-43)34-27-20-18-22-29-38(4)47-40(44)32-25-13-10-7-3/h38-39,43H,5-37H2,1-4H3. The van der Waals surface area contributed by atoms with Crippen molar-refractivity contribution in [1.29, 1.82) is 0 Å². The predicted octanol–water partition coefficient (Wildman–Crippen LogP) is 11.4. The van der Waals surface area contributed by atoms with Gasteiger partial charge in [0.15, 0.2) is 0 Å². The van der Waals surface area contributed by atoms with E-state index in [1.165, 1.54) is 89.9 Å². The zero-order valence-electron chi connectivity index (χ0n) is 32.0. The molecule has 0 aliphatic heterocycles. The van der Waals surface area contributed by atoms with Crippen molar-refractivity contribution in [2.24, 2.45) is 5.92 Å². The summed E-state index contributed by atoms with van der Waals surface area (Å²) in [6.07, 6.45) is 32.0. The van der Waals surface area contributed by atoms with Crippen LogP contribution in [0.5, 0.6) is 0 Å². The van der Waals surface area contributed by atoms with Crippen molar-refractivity contribution in [3.63, 3.8) is 0 Å². The zero-order chi connectivity index (χ0) is 34.6. The smallest absolute Gasteiger partial charge is 0.308 e. The van der Waals surface area contributed by atoms with E-state index < -0.39 is 0 Å². The highest BCUT2D eigenvalue weighted by molar-refractivity contribution is 5.72. The van der Waals surface area contributed by atoms with E-state index in [0.29, 0.717) is 13.0 Å². The molecule has 0 aromatic heterocycles. The van der Waals surface area contributed by atoms with Crippen LogP contribution in [-0.2, 0) is 19.1 Å². The molecule has 280 valence electrons. The maximum atomic E-state index is 12.9. The fourth-order valence-electron chi connectivity index (χ4n) is 6.44. The lowest BCUT2D eigenvalue weighted by Crippen LogP contribution is -2.29. The second kappa shape index (κ2) is 36.1. The number of hydrogen-bond acceptors (Lipinski definition) is 6. The minimum absolute atomic E-state index is 0.0172. The van der Waals surface area contributed by atoms with E-state index in [9.17, 15) is 14.7 Å². The fourth-order valence-corrected chi connectivity index (χ4v) is 6.44. The summed E-state index contributed by atoms with van der Waals surface area (Å²) in [4.78, 5) is 27.2. The number of nitrogens with zero attached hydrogens (tertiary/aromatic N) is 1. The third-order valence-electron chi connectivity index (χ3n) is 9.58. The molecule has 6 heteroatoms. The number of aliphatic hydroxyl groups excluding tert-OH is 1. The van der Waals surface area contributed by atoms with Crippen molar-refractivity contribution < 1.29 is 24.2 Å². The topological polar surface area (TPSA) is 76.1 Å². The van der Waals surface area contributed by atoms with Crippen molar-refractivity contribution in [3.05, 3.63) is 0 Å². The Hall–Kier alpha value is -1.14. The highest BCUT2D eigenvalue weighted by Crippen LogP contribution is 2.21. The molecule has 0 saturated carbocycles. The number of aliphatic hydroxyl groups is 1. The van der Waals surface area contributed by atoms with Crippen LogP contribution in [0.3, 0.4) is 0 Å². The summed E-state index contributed by atoms with van der Waals surface area (Å²) in [6, 6.07) is 0. The van der Waals surface area contributed by atoms with Crippen LogP contribution in [-0.4, -0.2) is 60.9 Å². The second-order valence-electron chi connectivity index (χ2n) is 14.3. The average Bonchev–Trinajstić information content (AvgIpc) is 3.06. The molecule has 0 saturated heterocycles. The Morgan fingerprint density at radius 3 is 1.53 bits per heavy atom. The minimum atomic E-state index is -0.0392. The lowest BCUT2D eigenvalue weighted by Gasteiger charge is -2.21. The Morgan fingerprint density at radius 1 is 0.553 bits per heavy atom. The predicted molar refractivity (Wildman–Crippen MR) is 200 cm³/mol. The summed E-state index contributed by atoms with van der Waals surface area (Å²) in [5.41, 5.74) is 0. The van der Waals surface area contributed by atoms with Gasteiger partial charge in [-0.05, 0) is 71.4 Å². The Kier molecular flexibility index (Phi) is 35.3. The molecule has 0 aliphatic carbocycles. The molecule has 0 fully saturated rings. The van der Waals surface area contributed by atoms with Crippen molar-refractivity contribution in [2.45, 2.75) is 214 Å². The van der Waals surface area contributed by atoms with E-state index in [-0.39, 0.29) is 30.6 Å². The molecular weight excluding hydrogens is 586 g/mol. The number of carbonyl (C=O) groups excluding carboxylic acids is 2. The average molecular weight is 668 g/mol. The van der Waals surface area contributed by atoms with Crippen LogP contribution in [0.2, 0.25) is 0 Å². The molecule has 0 heterocycles. The van der Waals surface area contributed by atoms with E-state index in [1.54, 1.807) is 0 Å². The molecule has 1 N–H and O–H groups in total. The number of ether oxygens (including phenoxy) is 2. The first-order chi connectivity index (χ1) is 23.0. The maximum Gasteiger partial charge on any atom is 0.308 e. The largest absolute Gasteiger partial charge is 0.465 e. The van der Waals surface area contributed by atoms with E-state index in [4.69, 9.17) is 9.47 Å². The Balaban J connectivity index is 4.01. The maximum absolute atomic E-state index is 12.9. The molecule has 0 radical (unpaired) electrons. The zero-order valence-corrected chi connectivity index (χ0v) is 32.0. The number of rotatable bonds is 37. The van der Waals surface area contributed by atoms with Gasteiger partial charge in [-0.1, -0.05) is 143 Å². The van der Waals surface area contributed by atoms with Gasteiger partial charge >= 0.3 is 11.9 Å². The van der Waals surface area contributed by atoms with Crippen LogP contribution in [0.4, 0.5) is 0 Å². The summed E-state index contributed by atoms with van der Waals surface area (Å²) in [5.74, 6) is 0.112. The first-order valence-corrected chi connectivity index (χ1v) is 20.7. The third kappa shape index (κ3) is 31.9. The molecule has 0 rings (SSSR count). The van der Waals surface area contributed by atoms with Crippen LogP contribution >= 0.6 is 0 Å².